The van der Waals surface area contributed by atoms with Gasteiger partial charge in [0, 0.05) is 30.8 Å². The van der Waals surface area contributed by atoms with Crippen LogP contribution in [0.3, 0.4) is 0 Å². The van der Waals surface area contributed by atoms with Crippen LogP contribution in [-0.4, -0.2) is 28.6 Å². The molecule has 0 saturated carbocycles. The van der Waals surface area contributed by atoms with Crippen molar-refractivity contribution in [2.45, 2.75) is 13.5 Å². The lowest BCUT2D eigenvalue weighted by atomic mass is 10.1. The van der Waals surface area contributed by atoms with Gasteiger partial charge in [-0.2, -0.15) is 0 Å². The number of hydrogen-bond donors (Lipinski definition) is 1. The smallest absolute Gasteiger partial charge is 0.293 e. The van der Waals surface area contributed by atoms with E-state index in [-0.39, 0.29) is 24.0 Å². The highest BCUT2D eigenvalue weighted by Crippen LogP contribution is 2.36. The zero-order valence-electron chi connectivity index (χ0n) is 19.2. The van der Waals surface area contributed by atoms with Crippen molar-refractivity contribution < 1.29 is 19.1 Å². The van der Waals surface area contributed by atoms with Crippen molar-refractivity contribution >= 4 is 91.3 Å². The van der Waals surface area contributed by atoms with E-state index in [2.05, 4.69) is 21.2 Å². The molecule has 3 aromatic carbocycles. The summed E-state index contributed by atoms with van der Waals surface area (Å²) in [5.41, 5.74) is 2.57. The number of amides is 3. The predicted molar refractivity (Wildman–Crippen MR) is 152 cm³/mol. The van der Waals surface area contributed by atoms with Gasteiger partial charge in [0.25, 0.3) is 17.1 Å². The molecule has 3 amide bonds. The van der Waals surface area contributed by atoms with Crippen molar-refractivity contribution in [3.8, 4) is 5.75 Å². The normalized spacial score (nSPS) is 14.4. The van der Waals surface area contributed by atoms with Gasteiger partial charge >= 0.3 is 0 Å². The number of rotatable bonds is 7. The predicted octanol–water partition coefficient (Wildman–Crippen LogP) is 7.97. The Bertz CT molecular complexity index is 1450. The lowest BCUT2D eigenvalue weighted by Gasteiger charge is -2.14. The zero-order chi connectivity index (χ0) is 26.7. The van der Waals surface area contributed by atoms with Crippen LogP contribution in [0.2, 0.25) is 15.1 Å². The topological polar surface area (TPSA) is 75.7 Å². The van der Waals surface area contributed by atoms with Crippen LogP contribution in [0.5, 0.6) is 5.75 Å². The Morgan fingerprint density at radius 3 is 2.57 bits per heavy atom. The van der Waals surface area contributed by atoms with E-state index >= 15 is 0 Å². The lowest BCUT2D eigenvalue weighted by molar-refractivity contribution is -0.123. The fraction of sp³-hybridized carbons (Fsp3) is 0.115. The summed E-state index contributed by atoms with van der Waals surface area (Å²) in [5, 5.41) is 3.68. The molecule has 1 aliphatic rings. The van der Waals surface area contributed by atoms with Crippen LogP contribution in [0.15, 0.2) is 64.0 Å². The second-order valence-electron chi connectivity index (χ2n) is 7.99. The number of carbonyl (C=O) groups excluding carboxylic acids is 3. The van der Waals surface area contributed by atoms with Gasteiger partial charge in [-0.1, -0.05) is 62.9 Å². The number of hydrogen-bond acceptors (Lipinski definition) is 5. The summed E-state index contributed by atoms with van der Waals surface area (Å²) in [5.74, 6) is -0.470. The maximum absolute atomic E-state index is 13.0. The second kappa shape index (κ2) is 11.9. The number of ether oxygens (including phenoxy) is 1. The summed E-state index contributed by atoms with van der Waals surface area (Å²) < 4.78 is 6.48. The Morgan fingerprint density at radius 2 is 1.84 bits per heavy atom. The summed E-state index contributed by atoms with van der Waals surface area (Å²) >= 11 is 22.5. The Morgan fingerprint density at radius 1 is 1.05 bits per heavy atom. The number of carbonyl (C=O) groups is 3. The maximum Gasteiger partial charge on any atom is 0.293 e. The van der Waals surface area contributed by atoms with Crippen LogP contribution in [0.25, 0.3) is 6.08 Å². The number of aryl methyl sites for hydroxylation is 1. The molecule has 0 atom stereocenters. The highest BCUT2D eigenvalue weighted by Gasteiger charge is 2.35. The molecule has 0 unspecified atom stereocenters. The number of anilines is 1. The number of thioether (sulfide) groups is 1. The summed E-state index contributed by atoms with van der Waals surface area (Å²) in [6.45, 7) is 1.61. The van der Waals surface area contributed by atoms with Gasteiger partial charge in [-0.25, -0.2) is 0 Å². The van der Waals surface area contributed by atoms with Gasteiger partial charge in [-0.15, -0.1) is 0 Å². The third-order valence-corrected chi connectivity index (χ3v) is 7.68. The number of halogens is 4. The monoisotopic (exact) mass is 638 g/mol. The van der Waals surface area contributed by atoms with Gasteiger partial charge in [0.2, 0.25) is 0 Å². The standard InChI is InChI=1S/C26H18BrCl3N2O4S/c1-14-2-6-19(11-20(14)29)31-24(33)13-36-22-7-4-17(27)8-16(22)9-23-25(34)32(26(35)37-23)12-15-3-5-18(28)10-21(15)30/h2-11H,12-13H2,1H3,(H,31,33)/b23-9-. The molecule has 0 bridgehead atoms. The molecule has 0 radical (unpaired) electrons. The molecule has 1 aliphatic heterocycles. The van der Waals surface area contributed by atoms with Gasteiger partial charge in [-0.05, 0) is 78.4 Å². The molecule has 1 heterocycles. The van der Waals surface area contributed by atoms with E-state index in [0.29, 0.717) is 37.6 Å². The molecular weight excluding hydrogens is 623 g/mol. The average Bonchev–Trinajstić information content (AvgIpc) is 3.10. The SMILES string of the molecule is Cc1ccc(NC(=O)COc2ccc(Br)cc2/C=C2\SC(=O)N(Cc3ccc(Cl)cc3Cl)C2=O)cc1Cl. The van der Waals surface area contributed by atoms with Crippen molar-refractivity contribution in [3.05, 3.63) is 95.7 Å². The van der Waals surface area contributed by atoms with E-state index < -0.39 is 11.1 Å². The van der Waals surface area contributed by atoms with Crippen LogP contribution < -0.4 is 10.1 Å². The molecule has 0 spiro atoms. The van der Waals surface area contributed by atoms with Crippen molar-refractivity contribution in [2.24, 2.45) is 0 Å². The van der Waals surface area contributed by atoms with Crippen LogP contribution in [0, 0.1) is 6.92 Å². The summed E-state index contributed by atoms with van der Waals surface area (Å²) in [6, 6.07) is 15.2. The van der Waals surface area contributed by atoms with Crippen LogP contribution in [-0.2, 0) is 16.1 Å². The molecular formula is C26H18BrCl3N2O4S. The molecule has 1 N–H and O–H groups in total. The zero-order valence-corrected chi connectivity index (χ0v) is 23.9. The van der Waals surface area contributed by atoms with Crippen molar-refractivity contribution in [1.82, 2.24) is 4.90 Å². The van der Waals surface area contributed by atoms with Crippen LogP contribution >= 0.6 is 62.5 Å². The van der Waals surface area contributed by atoms with Crippen molar-refractivity contribution in [2.75, 3.05) is 11.9 Å². The Labute approximate surface area is 241 Å². The first-order valence-electron chi connectivity index (χ1n) is 10.8. The largest absolute Gasteiger partial charge is 0.483 e. The number of nitrogens with zero attached hydrogens (tertiary/aromatic N) is 1. The molecule has 0 aliphatic carbocycles. The Hall–Kier alpha value is -2.49. The maximum atomic E-state index is 13.0. The molecule has 0 aromatic heterocycles. The van der Waals surface area contributed by atoms with E-state index in [9.17, 15) is 14.4 Å². The molecule has 6 nitrogen and oxygen atoms in total. The molecule has 190 valence electrons. The molecule has 37 heavy (non-hydrogen) atoms. The highest BCUT2D eigenvalue weighted by atomic mass is 79.9. The van der Waals surface area contributed by atoms with Gasteiger partial charge in [-0.3, -0.25) is 19.3 Å². The minimum absolute atomic E-state index is 0.0169. The van der Waals surface area contributed by atoms with Gasteiger partial charge in [0.1, 0.15) is 5.75 Å². The molecule has 1 fully saturated rings. The highest BCUT2D eigenvalue weighted by molar-refractivity contribution is 9.10. The molecule has 1 saturated heterocycles. The minimum atomic E-state index is -0.457. The quantitative estimate of drug-likeness (QED) is 0.265. The first-order chi connectivity index (χ1) is 17.6. The lowest BCUT2D eigenvalue weighted by Crippen LogP contribution is -2.27. The first kappa shape index (κ1) is 27.5. The summed E-state index contributed by atoms with van der Waals surface area (Å²) in [6.07, 6.45) is 1.56. The summed E-state index contributed by atoms with van der Waals surface area (Å²) in [7, 11) is 0. The van der Waals surface area contributed by atoms with E-state index in [0.717, 1.165) is 26.7 Å². The molecule has 3 aromatic rings. The van der Waals surface area contributed by atoms with Gasteiger partial charge in [0.05, 0.1) is 11.4 Å². The second-order valence-corrected chi connectivity index (χ2v) is 11.1. The van der Waals surface area contributed by atoms with E-state index in [4.69, 9.17) is 39.5 Å². The fourth-order valence-electron chi connectivity index (χ4n) is 3.37. The first-order valence-corrected chi connectivity index (χ1v) is 13.5. The van der Waals surface area contributed by atoms with Crippen LogP contribution in [0.1, 0.15) is 16.7 Å². The van der Waals surface area contributed by atoms with E-state index in [1.54, 1.807) is 60.7 Å². The van der Waals surface area contributed by atoms with E-state index in [1.165, 1.54) is 0 Å². The average molecular weight is 641 g/mol. The minimum Gasteiger partial charge on any atom is -0.483 e. The number of imide groups is 1. The number of nitrogens with one attached hydrogen (secondary N) is 1. The van der Waals surface area contributed by atoms with E-state index in [1.807, 2.05) is 6.92 Å². The Kier molecular flexibility index (Phi) is 8.87. The van der Waals surface area contributed by atoms with Crippen molar-refractivity contribution in [3.63, 3.8) is 0 Å². The third-order valence-electron chi connectivity index (χ3n) is 5.29. The Balaban J connectivity index is 1.48. The number of benzene rings is 3. The summed E-state index contributed by atoms with van der Waals surface area (Å²) in [4.78, 5) is 39.4. The molecule has 11 heteroatoms. The van der Waals surface area contributed by atoms with Crippen LogP contribution in [0.4, 0.5) is 10.5 Å². The van der Waals surface area contributed by atoms with Gasteiger partial charge in [0.15, 0.2) is 6.61 Å². The molecule has 4 rings (SSSR count). The fourth-order valence-corrected chi connectivity index (χ4v) is 5.23. The van der Waals surface area contributed by atoms with Crippen molar-refractivity contribution in [1.29, 1.82) is 0 Å². The van der Waals surface area contributed by atoms with Gasteiger partial charge < -0.3 is 10.1 Å². The third kappa shape index (κ3) is 6.89.